The molecule has 0 unspecified atom stereocenters. The van der Waals surface area contributed by atoms with Crippen molar-refractivity contribution in [1.29, 1.82) is 0 Å². The number of hydrogen-bond acceptors (Lipinski definition) is 6. The summed E-state index contributed by atoms with van der Waals surface area (Å²) in [7, 11) is -3.57. The second kappa shape index (κ2) is 8.30. The van der Waals surface area contributed by atoms with Crippen molar-refractivity contribution in [3.8, 4) is 5.88 Å². The van der Waals surface area contributed by atoms with Gasteiger partial charge in [0.05, 0.1) is 5.52 Å². The largest absolute Gasteiger partial charge is 0.493 e. The summed E-state index contributed by atoms with van der Waals surface area (Å²) in [5.41, 5.74) is 2.29. The van der Waals surface area contributed by atoms with Gasteiger partial charge in [-0.1, -0.05) is 25.5 Å². The summed E-state index contributed by atoms with van der Waals surface area (Å²) in [6, 6.07) is 8.84. The number of sulfonamides is 1. The molecule has 0 amide bonds. The van der Waals surface area contributed by atoms with Crippen molar-refractivity contribution in [2.75, 3.05) is 13.1 Å². The molecule has 0 aliphatic rings. The molecule has 0 spiro atoms. The summed E-state index contributed by atoms with van der Waals surface area (Å²) in [6.07, 6.45) is 1.28. The van der Waals surface area contributed by atoms with E-state index >= 15 is 0 Å². The SMILES string of the molecule is CCN(CC)S(=O)(=O)c1ccc(N=Nc2c(O)n(CC)c3ccc(C)cc23)nc1. The van der Waals surface area contributed by atoms with E-state index in [0.717, 1.165) is 16.5 Å². The van der Waals surface area contributed by atoms with E-state index < -0.39 is 10.0 Å². The molecule has 0 radical (unpaired) electrons. The molecule has 0 bridgehead atoms. The number of pyridine rings is 1. The average molecular weight is 416 g/mol. The Morgan fingerprint density at radius 2 is 1.83 bits per heavy atom. The lowest BCUT2D eigenvalue weighted by atomic mass is 10.1. The molecule has 1 N–H and O–H groups in total. The lowest BCUT2D eigenvalue weighted by Crippen LogP contribution is -2.30. The third kappa shape index (κ3) is 3.88. The van der Waals surface area contributed by atoms with Gasteiger partial charge < -0.3 is 9.67 Å². The van der Waals surface area contributed by atoms with Gasteiger partial charge in [0, 0.05) is 31.2 Å². The molecule has 2 heterocycles. The molecule has 0 aliphatic carbocycles. The zero-order chi connectivity index (χ0) is 21.2. The zero-order valence-corrected chi connectivity index (χ0v) is 17.8. The number of nitrogens with zero attached hydrogens (tertiary/aromatic N) is 5. The van der Waals surface area contributed by atoms with E-state index in [1.54, 1.807) is 18.4 Å². The molecule has 0 saturated heterocycles. The highest BCUT2D eigenvalue weighted by atomic mass is 32.2. The van der Waals surface area contributed by atoms with Crippen LogP contribution < -0.4 is 0 Å². The minimum Gasteiger partial charge on any atom is -0.493 e. The van der Waals surface area contributed by atoms with Crippen LogP contribution >= 0.6 is 0 Å². The van der Waals surface area contributed by atoms with Gasteiger partial charge in [-0.05, 0) is 38.1 Å². The molecule has 154 valence electrons. The predicted octanol–water partition coefficient (Wildman–Crippen LogP) is 4.52. The van der Waals surface area contributed by atoms with Crippen LogP contribution in [-0.4, -0.2) is 40.5 Å². The van der Waals surface area contributed by atoms with Crippen LogP contribution in [0.25, 0.3) is 10.9 Å². The van der Waals surface area contributed by atoms with Gasteiger partial charge in [-0.15, -0.1) is 10.2 Å². The Labute approximate surface area is 170 Å². The van der Waals surface area contributed by atoms with Gasteiger partial charge in [0.25, 0.3) is 0 Å². The smallest absolute Gasteiger partial charge is 0.244 e. The van der Waals surface area contributed by atoms with Gasteiger partial charge in [0.15, 0.2) is 11.5 Å². The summed E-state index contributed by atoms with van der Waals surface area (Å²) in [5.74, 6) is 0.297. The quantitative estimate of drug-likeness (QED) is 0.574. The van der Waals surface area contributed by atoms with Crippen LogP contribution in [0.3, 0.4) is 0 Å². The van der Waals surface area contributed by atoms with Crippen molar-refractivity contribution in [3.05, 3.63) is 42.1 Å². The fourth-order valence-corrected chi connectivity index (χ4v) is 4.66. The van der Waals surface area contributed by atoms with Crippen molar-refractivity contribution in [2.24, 2.45) is 10.2 Å². The normalized spacial score (nSPS) is 12.4. The van der Waals surface area contributed by atoms with Crippen molar-refractivity contribution in [3.63, 3.8) is 0 Å². The monoisotopic (exact) mass is 415 g/mol. The van der Waals surface area contributed by atoms with Crippen molar-refractivity contribution in [1.82, 2.24) is 13.9 Å². The molecule has 0 saturated carbocycles. The fraction of sp³-hybridized carbons (Fsp3) is 0.350. The van der Waals surface area contributed by atoms with Crippen molar-refractivity contribution < 1.29 is 13.5 Å². The van der Waals surface area contributed by atoms with E-state index in [-0.39, 0.29) is 16.6 Å². The van der Waals surface area contributed by atoms with E-state index in [9.17, 15) is 13.5 Å². The van der Waals surface area contributed by atoms with Crippen LogP contribution in [-0.2, 0) is 16.6 Å². The van der Waals surface area contributed by atoms with Gasteiger partial charge in [0.2, 0.25) is 15.9 Å². The number of hydrogen-bond donors (Lipinski definition) is 1. The van der Waals surface area contributed by atoms with Gasteiger partial charge in [0.1, 0.15) is 4.90 Å². The Morgan fingerprint density at radius 1 is 1.10 bits per heavy atom. The molecule has 29 heavy (non-hydrogen) atoms. The highest BCUT2D eigenvalue weighted by Gasteiger charge is 2.22. The third-order valence-electron chi connectivity index (χ3n) is 4.80. The maximum atomic E-state index is 12.5. The molecule has 0 atom stereocenters. The van der Waals surface area contributed by atoms with E-state index in [4.69, 9.17) is 0 Å². The minimum atomic E-state index is -3.57. The summed E-state index contributed by atoms with van der Waals surface area (Å²) in [4.78, 5) is 4.22. The van der Waals surface area contributed by atoms with Crippen LogP contribution in [0.5, 0.6) is 5.88 Å². The molecule has 0 aliphatic heterocycles. The molecule has 1 aromatic carbocycles. The first-order chi connectivity index (χ1) is 13.8. The summed E-state index contributed by atoms with van der Waals surface area (Å²) < 4.78 is 28.2. The molecule has 9 heteroatoms. The molecular weight excluding hydrogens is 390 g/mol. The van der Waals surface area contributed by atoms with Gasteiger partial charge in [-0.3, -0.25) is 0 Å². The molecule has 3 rings (SSSR count). The lowest BCUT2D eigenvalue weighted by Gasteiger charge is -2.17. The molecule has 3 aromatic rings. The Balaban J connectivity index is 1.95. The van der Waals surface area contributed by atoms with Crippen LogP contribution in [0.1, 0.15) is 26.3 Å². The number of benzene rings is 1. The number of fused-ring (bicyclic) bond motifs is 1. The molecular formula is C20H25N5O3S. The number of rotatable bonds is 7. The molecule has 2 aromatic heterocycles. The highest BCUT2D eigenvalue weighted by Crippen LogP contribution is 2.39. The third-order valence-corrected chi connectivity index (χ3v) is 6.83. The second-order valence-corrected chi connectivity index (χ2v) is 8.52. The van der Waals surface area contributed by atoms with Crippen LogP contribution in [0.15, 0.2) is 51.7 Å². The Hall–Kier alpha value is -2.78. The summed E-state index contributed by atoms with van der Waals surface area (Å²) in [5, 5.41) is 19.7. The van der Waals surface area contributed by atoms with Crippen LogP contribution in [0, 0.1) is 6.92 Å². The van der Waals surface area contributed by atoms with E-state index in [2.05, 4.69) is 15.2 Å². The molecule has 8 nitrogen and oxygen atoms in total. The standard InChI is InChI=1S/C20H25N5O3S/c1-5-24(6-2)29(27,28)15-9-11-18(21-13-15)22-23-19-16-12-14(4)8-10-17(16)25(7-3)20(19)26/h8-13,26H,5-7H2,1-4H3. The van der Waals surface area contributed by atoms with Gasteiger partial charge in [-0.25, -0.2) is 13.4 Å². The number of azo groups is 1. The Bertz CT molecular complexity index is 1150. The number of aryl methyl sites for hydroxylation is 2. The molecule has 0 fully saturated rings. The maximum absolute atomic E-state index is 12.5. The van der Waals surface area contributed by atoms with Crippen LogP contribution in [0.4, 0.5) is 11.5 Å². The second-order valence-electron chi connectivity index (χ2n) is 6.58. The Morgan fingerprint density at radius 3 is 2.41 bits per heavy atom. The number of aromatic nitrogens is 2. The first-order valence-electron chi connectivity index (χ1n) is 9.53. The van der Waals surface area contributed by atoms with Gasteiger partial charge in [-0.2, -0.15) is 4.31 Å². The number of aromatic hydroxyl groups is 1. The predicted molar refractivity (Wildman–Crippen MR) is 113 cm³/mol. The summed E-state index contributed by atoms with van der Waals surface area (Å²) >= 11 is 0. The van der Waals surface area contributed by atoms with E-state index in [1.807, 2.05) is 32.0 Å². The lowest BCUT2D eigenvalue weighted by molar-refractivity contribution is 0.427. The maximum Gasteiger partial charge on any atom is 0.244 e. The zero-order valence-electron chi connectivity index (χ0n) is 17.0. The van der Waals surface area contributed by atoms with E-state index in [1.165, 1.54) is 22.6 Å². The average Bonchev–Trinajstić information content (AvgIpc) is 2.97. The first-order valence-corrected chi connectivity index (χ1v) is 11.0. The topological polar surface area (TPSA) is 100 Å². The van der Waals surface area contributed by atoms with E-state index in [0.29, 0.717) is 25.3 Å². The highest BCUT2D eigenvalue weighted by molar-refractivity contribution is 7.89. The van der Waals surface area contributed by atoms with Crippen molar-refractivity contribution in [2.45, 2.75) is 39.1 Å². The van der Waals surface area contributed by atoms with Crippen molar-refractivity contribution >= 4 is 32.4 Å². The Kier molecular flexibility index (Phi) is 5.99. The first kappa shape index (κ1) is 20.9. The fourth-order valence-electron chi connectivity index (χ4n) is 3.25. The van der Waals surface area contributed by atoms with Crippen LogP contribution in [0.2, 0.25) is 0 Å². The minimum absolute atomic E-state index is 0.0394. The summed E-state index contributed by atoms with van der Waals surface area (Å²) in [6.45, 7) is 8.86. The van der Waals surface area contributed by atoms with Gasteiger partial charge >= 0.3 is 0 Å².